The first kappa shape index (κ1) is 17.8. The largest absolute Gasteiger partial charge is 0.350 e. The molecule has 3 aromatic rings. The van der Waals surface area contributed by atoms with Crippen LogP contribution in [0.1, 0.15) is 22.0 Å². The first-order valence-electron chi connectivity index (χ1n) is 7.82. The summed E-state index contributed by atoms with van der Waals surface area (Å²) in [5.74, 6) is -0.0738. The minimum absolute atomic E-state index is 0.0738. The van der Waals surface area contributed by atoms with Crippen LogP contribution in [0.4, 0.5) is 0 Å². The Morgan fingerprint density at radius 1 is 1.32 bits per heavy atom. The fraction of sp³-hybridized carbons (Fsp3) is 0.222. The summed E-state index contributed by atoms with van der Waals surface area (Å²) in [6, 6.07) is 9.66. The van der Waals surface area contributed by atoms with Crippen molar-refractivity contribution in [2.45, 2.75) is 6.04 Å². The number of hydrogen-bond acceptors (Lipinski definition) is 4. The van der Waals surface area contributed by atoms with Crippen molar-refractivity contribution < 1.29 is 4.79 Å². The van der Waals surface area contributed by atoms with Gasteiger partial charge in [-0.05, 0) is 76.7 Å². The van der Waals surface area contributed by atoms with E-state index in [2.05, 4.69) is 48.1 Å². The molecule has 0 aliphatic heterocycles. The number of aromatic nitrogens is 2. The van der Waals surface area contributed by atoms with Crippen LogP contribution >= 0.6 is 27.3 Å². The molecular formula is C18H19BrN4OS. The third kappa shape index (κ3) is 4.36. The van der Waals surface area contributed by atoms with Crippen LogP contribution in [0.15, 0.2) is 58.0 Å². The van der Waals surface area contributed by atoms with Crippen LogP contribution in [0.2, 0.25) is 0 Å². The van der Waals surface area contributed by atoms with Gasteiger partial charge in [-0.1, -0.05) is 0 Å². The predicted octanol–water partition coefficient (Wildman–Crippen LogP) is 3.73. The number of carbonyl (C=O) groups is 1. The van der Waals surface area contributed by atoms with Crippen LogP contribution in [0, 0.1) is 0 Å². The van der Waals surface area contributed by atoms with Crippen LogP contribution in [0.25, 0.3) is 5.69 Å². The van der Waals surface area contributed by atoms with Gasteiger partial charge in [-0.2, -0.15) is 16.4 Å². The van der Waals surface area contributed by atoms with E-state index in [1.54, 1.807) is 22.2 Å². The summed E-state index contributed by atoms with van der Waals surface area (Å²) in [5, 5.41) is 11.4. The molecule has 0 spiro atoms. The van der Waals surface area contributed by atoms with E-state index in [-0.39, 0.29) is 11.9 Å². The minimum Gasteiger partial charge on any atom is -0.350 e. The van der Waals surface area contributed by atoms with Gasteiger partial charge in [-0.15, -0.1) is 0 Å². The molecule has 1 unspecified atom stereocenters. The lowest BCUT2D eigenvalue weighted by molar-refractivity contribution is 0.0942. The topological polar surface area (TPSA) is 50.2 Å². The average Bonchev–Trinajstić information content (AvgIpc) is 3.27. The van der Waals surface area contributed by atoms with Crippen LogP contribution in [0.5, 0.6) is 0 Å². The summed E-state index contributed by atoms with van der Waals surface area (Å²) in [6.07, 6.45) is 3.60. The molecule has 7 heteroatoms. The number of thiophene rings is 1. The molecule has 0 radical (unpaired) electrons. The number of rotatable bonds is 6. The smallest absolute Gasteiger partial charge is 0.251 e. The maximum atomic E-state index is 12.4. The summed E-state index contributed by atoms with van der Waals surface area (Å²) in [7, 11) is 4.04. The molecule has 1 amide bonds. The Morgan fingerprint density at radius 3 is 2.64 bits per heavy atom. The van der Waals surface area contributed by atoms with Crippen molar-refractivity contribution in [2.75, 3.05) is 20.6 Å². The Kier molecular flexibility index (Phi) is 5.67. The molecule has 3 rings (SSSR count). The van der Waals surface area contributed by atoms with E-state index in [9.17, 15) is 4.79 Å². The zero-order valence-corrected chi connectivity index (χ0v) is 16.4. The highest BCUT2D eigenvalue weighted by molar-refractivity contribution is 9.10. The summed E-state index contributed by atoms with van der Waals surface area (Å²) >= 11 is 5.04. The highest BCUT2D eigenvalue weighted by Crippen LogP contribution is 2.20. The predicted molar refractivity (Wildman–Crippen MR) is 104 cm³/mol. The fourth-order valence-corrected chi connectivity index (χ4v) is 3.55. The molecular weight excluding hydrogens is 400 g/mol. The summed E-state index contributed by atoms with van der Waals surface area (Å²) in [4.78, 5) is 14.5. The highest BCUT2D eigenvalue weighted by Gasteiger charge is 2.16. The number of benzene rings is 1. The van der Waals surface area contributed by atoms with Gasteiger partial charge in [-0.25, -0.2) is 4.68 Å². The van der Waals surface area contributed by atoms with Gasteiger partial charge in [0, 0.05) is 18.3 Å². The van der Waals surface area contributed by atoms with Gasteiger partial charge in [0.1, 0.15) is 0 Å². The van der Waals surface area contributed by atoms with Crippen LogP contribution in [-0.4, -0.2) is 41.2 Å². The summed E-state index contributed by atoms with van der Waals surface area (Å²) in [6.45, 7) is 0.566. The van der Waals surface area contributed by atoms with Crippen molar-refractivity contribution in [2.24, 2.45) is 0 Å². The van der Waals surface area contributed by atoms with E-state index in [0.29, 0.717) is 12.1 Å². The standard InChI is InChI=1S/C18H19BrN4OS/c1-22(2)17(14-7-8-25-12-14)10-20-18(24)13-3-5-16(6-4-13)23-11-15(19)9-21-23/h3-9,11-12,17H,10H2,1-2H3,(H,20,24). The normalized spacial score (nSPS) is 12.3. The molecule has 0 bridgehead atoms. The molecule has 25 heavy (non-hydrogen) atoms. The Morgan fingerprint density at radius 2 is 2.08 bits per heavy atom. The fourth-order valence-electron chi connectivity index (χ4n) is 2.56. The number of carbonyl (C=O) groups excluding carboxylic acids is 1. The number of halogens is 1. The van der Waals surface area contributed by atoms with Crippen molar-refractivity contribution >= 4 is 33.2 Å². The van der Waals surface area contributed by atoms with Crippen molar-refractivity contribution in [1.82, 2.24) is 20.0 Å². The molecule has 2 heterocycles. The number of likely N-dealkylation sites (N-methyl/N-ethyl adjacent to an activating group) is 1. The lowest BCUT2D eigenvalue weighted by atomic mass is 10.1. The second kappa shape index (κ2) is 7.95. The Labute approximate surface area is 159 Å². The van der Waals surface area contributed by atoms with Gasteiger partial charge < -0.3 is 10.2 Å². The maximum absolute atomic E-state index is 12.4. The van der Waals surface area contributed by atoms with Crippen LogP contribution < -0.4 is 5.32 Å². The van der Waals surface area contributed by atoms with E-state index in [1.807, 2.05) is 44.6 Å². The third-order valence-electron chi connectivity index (χ3n) is 3.95. The van der Waals surface area contributed by atoms with Gasteiger partial charge in [0.05, 0.1) is 22.4 Å². The van der Waals surface area contributed by atoms with E-state index in [4.69, 9.17) is 0 Å². The van der Waals surface area contributed by atoms with Gasteiger partial charge >= 0.3 is 0 Å². The monoisotopic (exact) mass is 418 g/mol. The zero-order chi connectivity index (χ0) is 17.8. The van der Waals surface area contributed by atoms with E-state index < -0.39 is 0 Å². The van der Waals surface area contributed by atoms with Crippen molar-refractivity contribution in [1.29, 1.82) is 0 Å². The Balaban J connectivity index is 1.65. The quantitative estimate of drug-likeness (QED) is 0.663. The molecule has 5 nitrogen and oxygen atoms in total. The Bertz CT molecular complexity index is 827. The SMILES string of the molecule is CN(C)C(CNC(=O)c1ccc(-n2cc(Br)cn2)cc1)c1ccsc1. The second-order valence-electron chi connectivity index (χ2n) is 5.90. The summed E-state index contributed by atoms with van der Waals surface area (Å²) in [5.41, 5.74) is 2.76. The second-order valence-corrected chi connectivity index (χ2v) is 7.59. The van der Waals surface area contributed by atoms with Crippen LogP contribution in [0.3, 0.4) is 0 Å². The van der Waals surface area contributed by atoms with Gasteiger partial charge in [-0.3, -0.25) is 4.79 Å². The molecule has 130 valence electrons. The minimum atomic E-state index is -0.0738. The lowest BCUT2D eigenvalue weighted by Gasteiger charge is -2.24. The average molecular weight is 419 g/mol. The first-order chi connectivity index (χ1) is 12.0. The molecule has 1 N–H and O–H groups in total. The molecule has 0 saturated heterocycles. The van der Waals surface area contributed by atoms with Crippen molar-refractivity contribution in [3.05, 3.63) is 69.1 Å². The summed E-state index contributed by atoms with van der Waals surface area (Å²) < 4.78 is 2.67. The van der Waals surface area contributed by atoms with E-state index >= 15 is 0 Å². The molecule has 1 atom stereocenters. The molecule has 0 aliphatic carbocycles. The number of nitrogens with one attached hydrogen (secondary N) is 1. The van der Waals surface area contributed by atoms with E-state index in [1.165, 1.54) is 5.56 Å². The number of nitrogens with zero attached hydrogens (tertiary/aromatic N) is 3. The van der Waals surface area contributed by atoms with Crippen molar-refractivity contribution in [3.8, 4) is 5.69 Å². The number of amides is 1. The highest BCUT2D eigenvalue weighted by atomic mass is 79.9. The van der Waals surface area contributed by atoms with Gasteiger partial charge in [0.25, 0.3) is 5.91 Å². The van der Waals surface area contributed by atoms with Crippen LogP contribution in [-0.2, 0) is 0 Å². The number of hydrogen-bond donors (Lipinski definition) is 1. The molecule has 1 aromatic carbocycles. The lowest BCUT2D eigenvalue weighted by Crippen LogP contribution is -2.34. The van der Waals surface area contributed by atoms with Crippen molar-refractivity contribution in [3.63, 3.8) is 0 Å². The maximum Gasteiger partial charge on any atom is 0.251 e. The first-order valence-corrected chi connectivity index (χ1v) is 9.55. The van der Waals surface area contributed by atoms with E-state index in [0.717, 1.165) is 10.2 Å². The van der Waals surface area contributed by atoms with Gasteiger partial charge in [0.2, 0.25) is 0 Å². The molecule has 0 aliphatic rings. The molecule has 0 saturated carbocycles. The molecule has 2 aromatic heterocycles. The molecule has 0 fully saturated rings. The third-order valence-corrected chi connectivity index (χ3v) is 5.06. The zero-order valence-electron chi connectivity index (χ0n) is 14.0. The Hall–Kier alpha value is -1.96. The van der Waals surface area contributed by atoms with Gasteiger partial charge in [0.15, 0.2) is 0 Å².